The predicted octanol–water partition coefficient (Wildman–Crippen LogP) is 3.81. The fourth-order valence-electron chi connectivity index (χ4n) is 2.01. The largest absolute Gasteiger partial charge is 0.320 e. The van der Waals surface area contributed by atoms with Gasteiger partial charge in [-0.15, -0.1) is 11.3 Å². The average molecular weight is 249 g/mol. The summed E-state index contributed by atoms with van der Waals surface area (Å²) in [4.78, 5) is 1.14. The van der Waals surface area contributed by atoms with Crippen molar-refractivity contribution in [2.24, 2.45) is 5.73 Å². The highest BCUT2D eigenvalue weighted by Gasteiger charge is 2.14. The van der Waals surface area contributed by atoms with Gasteiger partial charge in [0.25, 0.3) is 0 Å². The molecule has 1 unspecified atom stereocenters. The first-order valence-electron chi connectivity index (χ1n) is 5.70. The molecule has 1 aromatic heterocycles. The zero-order valence-electron chi connectivity index (χ0n) is 10.0. The minimum absolute atomic E-state index is 0.218. The molecule has 2 rings (SSSR count). The third-order valence-electron chi connectivity index (χ3n) is 2.87. The summed E-state index contributed by atoms with van der Waals surface area (Å²) in [6, 6.07) is 6.86. The maximum Gasteiger partial charge on any atom is 0.123 e. The van der Waals surface area contributed by atoms with Crippen molar-refractivity contribution in [2.45, 2.75) is 26.3 Å². The van der Waals surface area contributed by atoms with E-state index in [1.807, 2.05) is 18.4 Å². The van der Waals surface area contributed by atoms with E-state index in [1.165, 1.54) is 17.7 Å². The Bertz CT molecular complexity index is 498. The van der Waals surface area contributed by atoms with Gasteiger partial charge < -0.3 is 5.73 Å². The van der Waals surface area contributed by atoms with Gasteiger partial charge in [-0.05, 0) is 53.6 Å². The summed E-state index contributed by atoms with van der Waals surface area (Å²) in [5, 5.41) is 2.04. The van der Waals surface area contributed by atoms with Crippen LogP contribution < -0.4 is 5.73 Å². The van der Waals surface area contributed by atoms with Crippen molar-refractivity contribution >= 4 is 11.3 Å². The van der Waals surface area contributed by atoms with E-state index in [4.69, 9.17) is 5.73 Å². The first-order chi connectivity index (χ1) is 8.11. The first kappa shape index (κ1) is 12.3. The normalized spacial score (nSPS) is 12.7. The zero-order valence-corrected chi connectivity index (χ0v) is 10.9. The highest BCUT2D eigenvalue weighted by Crippen LogP contribution is 2.29. The van der Waals surface area contributed by atoms with E-state index in [1.54, 1.807) is 11.3 Å². The van der Waals surface area contributed by atoms with Crippen molar-refractivity contribution in [3.63, 3.8) is 0 Å². The van der Waals surface area contributed by atoms with Crippen LogP contribution in [-0.2, 0) is 6.42 Å². The Morgan fingerprint density at radius 1 is 1.35 bits per heavy atom. The monoisotopic (exact) mass is 249 g/mol. The Kier molecular flexibility index (Phi) is 3.60. The van der Waals surface area contributed by atoms with Gasteiger partial charge >= 0.3 is 0 Å². The molecular weight excluding hydrogens is 233 g/mol. The molecule has 2 N–H and O–H groups in total. The van der Waals surface area contributed by atoms with E-state index in [9.17, 15) is 4.39 Å². The standard InChI is InChI=1S/C14H16FNS/c1-3-10-4-5-17-14(10)13(16)11-6-9(2)7-12(15)8-11/h4-8,13H,3,16H2,1-2H3. The van der Waals surface area contributed by atoms with Crippen LogP contribution in [0.3, 0.4) is 0 Å². The third-order valence-corrected chi connectivity index (χ3v) is 3.91. The second-order valence-corrected chi connectivity index (χ2v) is 5.15. The highest BCUT2D eigenvalue weighted by atomic mass is 32.1. The summed E-state index contributed by atoms with van der Waals surface area (Å²) in [6.45, 7) is 3.99. The van der Waals surface area contributed by atoms with E-state index in [0.717, 1.165) is 22.4 Å². The van der Waals surface area contributed by atoms with Crippen molar-refractivity contribution in [1.82, 2.24) is 0 Å². The van der Waals surface area contributed by atoms with Crippen LogP contribution in [0.15, 0.2) is 29.6 Å². The Hall–Kier alpha value is -1.19. The predicted molar refractivity (Wildman–Crippen MR) is 70.9 cm³/mol. The molecule has 0 bridgehead atoms. The van der Waals surface area contributed by atoms with Crippen LogP contribution >= 0.6 is 11.3 Å². The second-order valence-electron chi connectivity index (χ2n) is 4.20. The molecule has 0 saturated heterocycles. The molecule has 0 aliphatic heterocycles. The Morgan fingerprint density at radius 3 is 2.76 bits per heavy atom. The molecule has 0 aliphatic rings. The molecule has 0 amide bonds. The van der Waals surface area contributed by atoms with Crippen LogP contribution in [0, 0.1) is 12.7 Å². The van der Waals surface area contributed by atoms with E-state index < -0.39 is 0 Å². The molecule has 17 heavy (non-hydrogen) atoms. The Balaban J connectivity index is 2.39. The molecule has 0 fully saturated rings. The van der Waals surface area contributed by atoms with E-state index in [2.05, 4.69) is 13.0 Å². The van der Waals surface area contributed by atoms with E-state index in [0.29, 0.717) is 0 Å². The van der Waals surface area contributed by atoms with Gasteiger partial charge in [-0.3, -0.25) is 0 Å². The van der Waals surface area contributed by atoms with Crippen molar-refractivity contribution < 1.29 is 4.39 Å². The van der Waals surface area contributed by atoms with Gasteiger partial charge in [-0.1, -0.05) is 13.0 Å². The molecular formula is C14H16FNS. The van der Waals surface area contributed by atoms with Crippen molar-refractivity contribution in [3.05, 3.63) is 57.0 Å². The van der Waals surface area contributed by atoms with E-state index >= 15 is 0 Å². The molecule has 0 spiro atoms. The van der Waals surface area contributed by atoms with Gasteiger partial charge in [-0.25, -0.2) is 4.39 Å². The molecule has 0 aliphatic carbocycles. The molecule has 2 aromatic rings. The summed E-state index contributed by atoms with van der Waals surface area (Å²) in [5.74, 6) is -0.218. The third kappa shape index (κ3) is 2.56. The van der Waals surface area contributed by atoms with Crippen molar-refractivity contribution in [3.8, 4) is 0 Å². The van der Waals surface area contributed by atoms with Gasteiger partial charge in [0, 0.05) is 4.88 Å². The van der Waals surface area contributed by atoms with E-state index in [-0.39, 0.29) is 11.9 Å². The lowest BCUT2D eigenvalue weighted by Gasteiger charge is -2.13. The number of halogens is 1. The van der Waals surface area contributed by atoms with Crippen LogP contribution in [0.1, 0.15) is 34.5 Å². The second kappa shape index (κ2) is 4.98. The Morgan fingerprint density at radius 2 is 2.12 bits per heavy atom. The zero-order chi connectivity index (χ0) is 12.4. The minimum atomic E-state index is -0.223. The summed E-state index contributed by atoms with van der Waals surface area (Å²) in [5.41, 5.74) is 9.23. The molecule has 0 radical (unpaired) electrons. The van der Waals surface area contributed by atoms with Gasteiger partial charge in [0.1, 0.15) is 5.82 Å². The maximum absolute atomic E-state index is 13.4. The maximum atomic E-state index is 13.4. The quantitative estimate of drug-likeness (QED) is 0.879. The smallest absolute Gasteiger partial charge is 0.123 e. The molecule has 1 nitrogen and oxygen atoms in total. The topological polar surface area (TPSA) is 26.0 Å². The SMILES string of the molecule is CCc1ccsc1C(N)c1cc(C)cc(F)c1. The summed E-state index contributed by atoms with van der Waals surface area (Å²) >= 11 is 1.64. The molecule has 3 heteroatoms. The Labute approximate surface area is 105 Å². The lowest BCUT2D eigenvalue weighted by atomic mass is 10.0. The van der Waals surface area contributed by atoms with Crippen molar-refractivity contribution in [2.75, 3.05) is 0 Å². The van der Waals surface area contributed by atoms with Crippen LogP contribution in [0.5, 0.6) is 0 Å². The van der Waals surface area contributed by atoms with Gasteiger partial charge in [0.05, 0.1) is 6.04 Å². The summed E-state index contributed by atoms with van der Waals surface area (Å²) in [7, 11) is 0. The fraction of sp³-hybridized carbons (Fsp3) is 0.286. The molecule has 1 aromatic carbocycles. The number of benzene rings is 1. The van der Waals surface area contributed by atoms with Crippen LogP contribution in [-0.4, -0.2) is 0 Å². The molecule has 90 valence electrons. The first-order valence-corrected chi connectivity index (χ1v) is 6.58. The number of thiophene rings is 1. The average Bonchev–Trinajstić information content (AvgIpc) is 2.74. The van der Waals surface area contributed by atoms with Crippen LogP contribution in [0.25, 0.3) is 0 Å². The number of nitrogens with two attached hydrogens (primary N) is 1. The number of aryl methyl sites for hydroxylation is 2. The number of rotatable bonds is 3. The lowest BCUT2D eigenvalue weighted by molar-refractivity contribution is 0.622. The minimum Gasteiger partial charge on any atom is -0.320 e. The van der Waals surface area contributed by atoms with Gasteiger partial charge in [-0.2, -0.15) is 0 Å². The molecule has 1 heterocycles. The highest BCUT2D eigenvalue weighted by molar-refractivity contribution is 7.10. The van der Waals surface area contributed by atoms with Crippen LogP contribution in [0.2, 0.25) is 0 Å². The number of hydrogen-bond donors (Lipinski definition) is 1. The number of hydrogen-bond acceptors (Lipinski definition) is 2. The van der Waals surface area contributed by atoms with Gasteiger partial charge in [0.2, 0.25) is 0 Å². The van der Waals surface area contributed by atoms with Crippen LogP contribution in [0.4, 0.5) is 4.39 Å². The summed E-state index contributed by atoms with van der Waals surface area (Å²) < 4.78 is 13.4. The summed E-state index contributed by atoms with van der Waals surface area (Å²) in [6.07, 6.45) is 0.959. The lowest BCUT2D eigenvalue weighted by Crippen LogP contribution is -2.12. The molecule has 0 saturated carbocycles. The molecule has 1 atom stereocenters. The fourth-order valence-corrected chi connectivity index (χ4v) is 3.03. The van der Waals surface area contributed by atoms with Crippen molar-refractivity contribution in [1.29, 1.82) is 0 Å². The van der Waals surface area contributed by atoms with Gasteiger partial charge in [0.15, 0.2) is 0 Å².